The number of piperidine rings is 1. The van der Waals surface area contributed by atoms with Gasteiger partial charge in [0, 0.05) is 31.6 Å². The fourth-order valence-electron chi connectivity index (χ4n) is 4.63. The highest BCUT2D eigenvalue weighted by atomic mass is 16.5. The fourth-order valence-corrected chi connectivity index (χ4v) is 4.63. The molecule has 1 spiro atoms. The molecule has 0 aromatic carbocycles. The van der Waals surface area contributed by atoms with E-state index in [9.17, 15) is 14.4 Å². The number of rotatable bonds is 2. The van der Waals surface area contributed by atoms with Gasteiger partial charge in [0.2, 0.25) is 11.5 Å². The van der Waals surface area contributed by atoms with Crippen molar-refractivity contribution >= 4 is 11.8 Å². The molecule has 2 saturated heterocycles. The number of aromatic amines is 1. The summed E-state index contributed by atoms with van der Waals surface area (Å²) >= 11 is 0. The zero-order chi connectivity index (χ0) is 18.9. The van der Waals surface area contributed by atoms with Crippen molar-refractivity contribution in [3.05, 3.63) is 34.2 Å². The predicted molar refractivity (Wildman–Crippen MR) is 99.4 cm³/mol. The molecule has 0 bridgehead atoms. The van der Waals surface area contributed by atoms with Crippen LogP contribution in [0.4, 0.5) is 0 Å². The lowest BCUT2D eigenvalue weighted by Crippen LogP contribution is -2.59. The number of ether oxygens (including phenoxy) is 1. The minimum absolute atomic E-state index is 0.167. The normalized spacial score (nSPS) is 23.0. The highest BCUT2D eigenvalue weighted by Crippen LogP contribution is 2.33. The Bertz CT molecular complexity index is 760. The second kappa shape index (κ2) is 7.46. The van der Waals surface area contributed by atoms with Crippen LogP contribution < -0.4 is 5.56 Å². The third-order valence-corrected chi connectivity index (χ3v) is 6.23. The Morgan fingerprint density at radius 3 is 2.52 bits per heavy atom. The fraction of sp³-hybridized carbons (Fsp3) is 0.650. The van der Waals surface area contributed by atoms with Gasteiger partial charge in [-0.05, 0) is 31.7 Å². The van der Waals surface area contributed by atoms with Crippen LogP contribution in [0.2, 0.25) is 0 Å². The number of aromatic nitrogens is 1. The molecular weight excluding hydrogens is 346 g/mol. The number of pyridine rings is 1. The molecular formula is C20H27N3O4. The largest absolute Gasteiger partial charge is 0.371 e. The lowest BCUT2D eigenvalue weighted by atomic mass is 9.88. The van der Waals surface area contributed by atoms with Crippen molar-refractivity contribution in [3.8, 4) is 0 Å². The van der Waals surface area contributed by atoms with Gasteiger partial charge in [0.15, 0.2) is 0 Å². The summed E-state index contributed by atoms with van der Waals surface area (Å²) in [5.74, 6) is 0.340. The Labute approximate surface area is 158 Å². The average molecular weight is 373 g/mol. The third-order valence-electron chi connectivity index (χ3n) is 6.23. The molecule has 146 valence electrons. The van der Waals surface area contributed by atoms with Crippen LogP contribution in [0.5, 0.6) is 0 Å². The lowest BCUT2D eigenvalue weighted by Gasteiger charge is -2.47. The Kier molecular flexibility index (Phi) is 5.04. The summed E-state index contributed by atoms with van der Waals surface area (Å²) in [5.41, 5.74) is -0.342. The molecule has 3 fully saturated rings. The van der Waals surface area contributed by atoms with Crippen LogP contribution in [0.1, 0.15) is 49.0 Å². The quantitative estimate of drug-likeness (QED) is 0.849. The van der Waals surface area contributed by atoms with E-state index in [4.69, 9.17) is 4.74 Å². The second-order valence-corrected chi connectivity index (χ2v) is 7.99. The summed E-state index contributed by atoms with van der Waals surface area (Å²) in [6.07, 6.45) is 5.87. The first kappa shape index (κ1) is 18.2. The molecule has 1 N–H and O–H groups in total. The number of likely N-dealkylation sites (tertiary alicyclic amines) is 1. The third kappa shape index (κ3) is 3.78. The van der Waals surface area contributed by atoms with Crippen molar-refractivity contribution in [3.63, 3.8) is 0 Å². The molecule has 0 radical (unpaired) electrons. The Balaban J connectivity index is 1.39. The van der Waals surface area contributed by atoms with Crippen LogP contribution in [-0.4, -0.2) is 65.0 Å². The number of morpholine rings is 1. The van der Waals surface area contributed by atoms with Crippen LogP contribution in [0, 0.1) is 5.92 Å². The Morgan fingerprint density at radius 2 is 1.81 bits per heavy atom. The van der Waals surface area contributed by atoms with Gasteiger partial charge in [-0.25, -0.2) is 0 Å². The van der Waals surface area contributed by atoms with E-state index in [-0.39, 0.29) is 23.0 Å². The molecule has 1 aromatic rings. The van der Waals surface area contributed by atoms with Crippen LogP contribution in [0.3, 0.4) is 0 Å². The first-order valence-electron chi connectivity index (χ1n) is 9.98. The number of amides is 2. The van der Waals surface area contributed by atoms with Gasteiger partial charge < -0.3 is 19.5 Å². The monoisotopic (exact) mass is 373 g/mol. The van der Waals surface area contributed by atoms with E-state index in [0.29, 0.717) is 44.4 Å². The van der Waals surface area contributed by atoms with Crippen molar-refractivity contribution in [1.29, 1.82) is 0 Å². The van der Waals surface area contributed by atoms with Crippen LogP contribution in [-0.2, 0) is 9.53 Å². The van der Waals surface area contributed by atoms with Crippen molar-refractivity contribution in [2.24, 2.45) is 5.92 Å². The van der Waals surface area contributed by atoms with E-state index < -0.39 is 0 Å². The number of nitrogens with zero attached hydrogens (tertiary/aromatic N) is 2. The van der Waals surface area contributed by atoms with E-state index in [2.05, 4.69) is 4.98 Å². The molecule has 1 aromatic heterocycles. The van der Waals surface area contributed by atoms with Gasteiger partial charge >= 0.3 is 0 Å². The maximum Gasteiger partial charge on any atom is 0.270 e. The van der Waals surface area contributed by atoms with Crippen molar-refractivity contribution < 1.29 is 14.3 Å². The van der Waals surface area contributed by atoms with E-state index >= 15 is 0 Å². The zero-order valence-electron chi connectivity index (χ0n) is 15.6. The summed E-state index contributed by atoms with van der Waals surface area (Å²) in [6.45, 7) is 2.90. The minimum atomic E-state index is -0.380. The van der Waals surface area contributed by atoms with E-state index in [0.717, 1.165) is 38.5 Å². The summed E-state index contributed by atoms with van der Waals surface area (Å²) in [7, 11) is 0. The van der Waals surface area contributed by atoms with Crippen molar-refractivity contribution in [2.75, 3.05) is 32.8 Å². The van der Waals surface area contributed by atoms with Crippen LogP contribution >= 0.6 is 0 Å². The molecule has 7 nitrogen and oxygen atoms in total. The smallest absolute Gasteiger partial charge is 0.270 e. The van der Waals surface area contributed by atoms with Gasteiger partial charge in [-0.1, -0.05) is 18.9 Å². The maximum absolute atomic E-state index is 12.8. The standard InChI is InChI=1S/C20H27N3O4/c24-17-7-3-6-16(21-17)19(26)23-12-13-27-20(14-23)8-10-22(11-9-20)18(25)15-4-1-2-5-15/h3,6-7,15H,1-2,4-5,8-14H2,(H,21,24). The number of carbonyl (C=O) groups is 2. The Hall–Kier alpha value is -2.15. The average Bonchev–Trinajstić information content (AvgIpc) is 3.22. The SMILES string of the molecule is O=C(c1cccc(=O)[nH]1)N1CCOC2(CCN(C(=O)C3CCCC3)CC2)C1. The van der Waals surface area contributed by atoms with E-state index in [1.807, 2.05) is 4.90 Å². The highest BCUT2D eigenvalue weighted by molar-refractivity contribution is 5.92. The Morgan fingerprint density at radius 1 is 1.07 bits per heavy atom. The van der Waals surface area contributed by atoms with Gasteiger partial charge in [0.1, 0.15) is 5.69 Å². The van der Waals surface area contributed by atoms with Crippen molar-refractivity contribution in [2.45, 2.75) is 44.1 Å². The van der Waals surface area contributed by atoms with Crippen LogP contribution in [0.25, 0.3) is 0 Å². The van der Waals surface area contributed by atoms with Crippen LogP contribution in [0.15, 0.2) is 23.0 Å². The molecule has 0 atom stereocenters. The summed E-state index contributed by atoms with van der Waals surface area (Å²) in [4.78, 5) is 43.3. The lowest BCUT2D eigenvalue weighted by molar-refractivity contribution is -0.150. The van der Waals surface area contributed by atoms with E-state index in [1.165, 1.54) is 6.07 Å². The molecule has 0 unspecified atom stereocenters. The number of H-pyrrole nitrogens is 1. The van der Waals surface area contributed by atoms with Gasteiger partial charge in [-0.15, -0.1) is 0 Å². The van der Waals surface area contributed by atoms with Crippen molar-refractivity contribution in [1.82, 2.24) is 14.8 Å². The number of hydrogen-bond acceptors (Lipinski definition) is 4. The zero-order valence-corrected chi connectivity index (χ0v) is 15.6. The molecule has 27 heavy (non-hydrogen) atoms. The summed E-state index contributed by atoms with van der Waals surface area (Å²) in [6, 6.07) is 4.62. The number of hydrogen-bond donors (Lipinski definition) is 1. The predicted octanol–water partition coefficient (Wildman–Crippen LogP) is 1.40. The summed E-state index contributed by atoms with van der Waals surface area (Å²) < 4.78 is 6.10. The van der Waals surface area contributed by atoms with Gasteiger partial charge in [0.05, 0.1) is 18.8 Å². The van der Waals surface area contributed by atoms with Gasteiger partial charge in [0.25, 0.3) is 5.91 Å². The van der Waals surface area contributed by atoms with Gasteiger partial charge in [-0.3, -0.25) is 14.4 Å². The molecule has 1 saturated carbocycles. The molecule has 1 aliphatic carbocycles. The second-order valence-electron chi connectivity index (χ2n) is 7.99. The molecule has 3 heterocycles. The molecule has 4 rings (SSSR count). The minimum Gasteiger partial charge on any atom is -0.371 e. The molecule has 3 aliphatic rings. The van der Waals surface area contributed by atoms with Gasteiger partial charge in [-0.2, -0.15) is 0 Å². The first-order valence-corrected chi connectivity index (χ1v) is 9.98. The molecule has 7 heteroatoms. The maximum atomic E-state index is 12.8. The molecule has 2 amide bonds. The number of carbonyl (C=O) groups excluding carboxylic acids is 2. The molecule has 2 aliphatic heterocycles. The first-order chi connectivity index (χ1) is 13.1. The topological polar surface area (TPSA) is 82.7 Å². The van der Waals surface area contributed by atoms with E-state index in [1.54, 1.807) is 17.0 Å². The summed E-state index contributed by atoms with van der Waals surface area (Å²) in [5, 5.41) is 0. The highest BCUT2D eigenvalue weighted by Gasteiger charge is 2.42. The number of nitrogens with one attached hydrogen (secondary N) is 1.